The molecule has 1 saturated heterocycles. The van der Waals surface area contributed by atoms with Crippen LogP contribution in [0.25, 0.3) is 0 Å². The zero-order valence-corrected chi connectivity index (χ0v) is 6.66. The van der Waals surface area contributed by atoms with Crippen molar-refractivity contribution in [3.8, 4) is 0 Å². The summed E-state index contributed by atoms with van der Waals surface area (Å²) in [7, 11) is 0. The van der Waals surface area contributed by atoms with Gasteiger partial charge in [-0.05, 0) is 0 Å². The third-order valence-electron chi connectivity index (χ3n) is 1.73. The smallest absolute Gasteiger partial charge is 0.0509 e. The van der Waals surface area contributed by atoms with Crippen molar-refractivity contribution in [2.24, 2.45) is 11.8 Å². The zero-order valence-electron chi connectivity index (χ0n) is 5.15. The normalized spacial score (nSPS) is 35.3. The average molecular weight is 169 g/mol. The second kappa shape index (κ2) is 3.65. The summed E-state index contributed by atoms with van der Waals surface area (Å²) >= 11 is 11.3. The SMILES string of the molecule is ClCC1COCC1CCl. The van der Waals surface area contributed by atoms with Crippen LogP contribution in [0.1, 0.15) is 0 Å². The quantitative estimate of drug-likeness (QED) is 0.572. The zero-order chi connectivity index (χ0) is 6.69. The highest BCUT2D eigenvalue weighted by atomic mass is 35.5. The number of halogens is 2. The van der Waals surface area contributed by atoms with Gasteiger partial charge in [-0.3, -0.25) is 0 Å². The van der Waals surface area contributed by atoms with Gasteiger partial charge in [-0.15, -0.1) is 23.2 Å². The van der Waals surface area contributed by atoms with E-state index < -0.39 is 0 Å². The lowest BCUT2D eigenvalue weighted by atomic mass is 10.0. The van der Waals surface area contributed by atoms with E-state index in [0.29, 0.717) is 23.6 Å². The Morgan fingerprint density at radius 3 is 1.89 bits per heavy atom. The fraction of sp³-hybridized carbons (Fsp3) is 1.00. The van der Waals surface area contributed by atoms with Crippen LogP contribution < -0.4 is 0 Å². The van der Waals surface area contributed by atoms with Gasteiger partial charge in [-0.2, -0.15) is 0 Å². The maximum absolute atomic E-state index is 5.64. The van der Waals surface area contributed by atoms with Gasteiger partial charge in [-0.1, -0.05) is 0 Å². The summed E-state index contributed by atoms with van der Waals surface area (Å²) in [6.45, 7) is 1.59. The molecule has 0 amide bonds. The lowest BCUT2D eigenvalue weighted by molar-refractivity contribution is 0.183. The molecule has 9 heavy (non-hydrogen) atoms. The number of hydrogen-bond acceptors (Lipinski definition) is 1. The van der Waals surface area contributed by atoms with E-state index in [1.807, 2.05) is 0 Å². The third-order valence-corrected chi connectivity index (χ3v) is 2.52. The summed E-state index contributed by atoms with van der Waals surface area (Å²) in [5.41, 5.74) is 0. The molecule has 3 heteroatoms. The van der Waals surface area contributed by atoms with Gasteiger partial charge in [0.1, 0.15) is 0 Å². The molecule has 1 aliphatic heterocycles. The van der Waals surface area contributed by atoms with Gasteiger partial charge in [-0.25, -0.2) is 0 Å². The average Bonchev–Trinajstić information content (AvgIpc) is 2.33. The highest BCUT2D eigenvalue weighted by Crippen LogP contribution is 2.22. The lowest BCUT2D eigenvalue weighted by Crippen LogP contribution is -2.14. The molecule has 1 heterocycles. The number of hydrogen-bond donors (Lipinski definition) is 0. The van der Waals surface area contributed by atoms with Gasteiger partial charge in [0.2, 0.25) is 0 Å². The van der Waals surface area contributed by atoms with Crippen LogP contribution in [0.3, 0.4) is 0 Å². The van der Waals surface area contributed by atoms with E-state index in [4.69, 9.17) is 27.9 Å². The van der Waals surface area contributed by atoms with E-state index >= 15 is 0 Å². The van der Waals surface area contributed by atoms with E-state index in [1.54, 1.807) is 0 Å². The fourth-order valence-electron chi connectivity index (χ4n) is 0.984. The minimum absolute atomic E-state index is 0.490. The van der Waals surface area contributed by atoms with Crippen LogP contribution in [0.5, 0.6) is 0 Å². The lowest BCUT2D eigenvalue weighted by Gasteiger charge is -2.09. The molecule has 0 N–H and O–H groups in total. The monoisotopic (exact) mass is 168 g/mol. The second-order valence-electron chi connectivity index (χ2n) is 2.37. The van der Waals surface area contributed by atoms with Crippen LogP contribution in [-0.2, 0) is 4.74 Å². The largest absolute Gasteiger partial charge is 0.381 e. The van der Waals surface area contributed by atoms with E-state index in [9.17, 15) is 0 Å². The minimum atomic E-state index is 0.490. The molecule has 0 spiro atoms. The molecule has 0 radical (unpaired) electrons. The van der Waals surface area contributed by atoms with Crippen LogP contribution in [0, 0.1) is 11.8 Å². The topological polar surface area (TPSA) is 9.23 Å². The first-order valence-electron chi connectivity index (χ1n) is 3.08. The molecule has 0 aromatic heterocycles. The molecule has 2 atom stereocenters. The number of alkyl halides is 2. The highest BCUT2D eigenvalue weighted by Gasteiger charge is 2.26. The summed E-state index contributed by atoms with van der Waals surface area (Å²) in [6.07, 6.45) is 0. The molecule has 2 unspecified atom stereocenters. The Bertz CT molecular complexity index is 77.1. The summed E-state index contributed by atoms with van der Waals surface area (Å²) in [5.74, 6) is 2.34. The standard InChI is InChI=1S/C6H10Cl2O/c7-1-5-3-9-4-6(5)2-8/h5-6H,1-4H2. The van der Waals surface area contributed by atoms with E-state index in [-0.39, 0.29) is 0 Å². The first-order chi connectivity index (χ1) is 4.38. The number of rotatable bonds is 2. The molecule has 0 bridgehead atoms. The van der Waals surface area contributed by atoms with Crippen molar-refractivity contribution in [2.45, 2.75) is 0 Å². The highest BCUT2D eigenvalue weighted by molar-refractivity contribution is 6.19. The van der Waals surface area contributed by atoms with Gasteiger partial charge in [0, 0.05) is 23.6 Å². The molecule has 0 aromatic rings. The Kier molecular flexibility index (Phi) is 3.10. The minimum Gasteiger partial charge on any atom is -0.381 e. The fourth-order valence-corrected chi connectivity index (χ4v) is 1.67. The van der Waals surface area contributed by atoms with Crippen LogP contribution >= 0.6 is 23.2 Å². The predicted octanol–water partition coefficient (Wildman–Crippen LogP) is 1.73. The second-order valence-corrected chi connectivity index (χ2v) is 2.98. The molecular formula is C6H10Cl2O. The van der Waals surface area contributed by atoms with Gasteiger partial charge in [0.15, 0.2) is 0 Å². The first kappa shape index (κ1) is 7.64. The molecular weight excluding hydrogens is 159 g/mol. The Morgan fingerprint density at radius 1 is 1.11 bits per heavy atom. The third kappa shape index (κ3) is 1.73. The molecule has 1 rings (SSSR count). The van der Waals surface area contributed by atoms with Gasteiger partial charge in [0.25, 0.3) is 0 Å². The molecule has 1 fully saturated rings. The summed E-state index contributed by atoms with van der Waals surface area (Å²) in [5, 5.41) is 0. The Labute approximate surface area is 65.3 Å². The van der Waals surface area contributed by atoms with Crippen LogP contribution in [0.4, 0.5) is 0 Å². The van der Waals surface area contributed by atoms with E-state index in [0.717, 1.165) is 13.2 Å². The molecule has 0 aliphatic carbocycles. The van der Waals surface area contributed by atoms with Crippen LogP contribution in [0.2, 0.25) is 0 Å². The predicted molar refractivity (Wildman–Crippen MR) is 39.2 cm³/mol. The van der Waals surface area contributed by atoms with Crippen LogP contribution in [-0.4, -0.2) is 25.0 Å². The Balaban J connectivity index is 2.32. The summed E-state index contributed by atoms with van der Waals surface area (Å²) in [6, 6.07) is 0. The van der Waals surface area contributed by atoms with Crippen molar-refractivity contribution in [3.05, 3.63) is 0 Å². The van der Waals surface area contributed by atoms with Crippen molar-refractivity contribution < 1.29 is 4.74 Å². The molecule has 1 aliphatic rings. The van der Waals surface area contributed by atoms with Crippen molar-refractivity contribution in [3.63, 3.8) is 0 Å². The summed E-state index contributed by atoms with van der Waals surface area (Å²) < 4.78 is 5.18. The van der Waals surface area contributed by atoms with Gasteiger partial charge >= 0.3 is 0 Å². The Hall–Kier alpha value is 0.540. The maximum atomic E-state index is 5.64. The van der Waals surface area contributed by atoms with Gasteiger partial charge in [0.05, 0.1) is 13.2 Å². The van der Waals surface area contributed by atoms with Crippen molar-refractivity contribution >= 4 is 23.2 Å². The van der Waals surface area contributed by atoms with Crippen molar-refractivity contribution in [2.75, 3.05) is 25.0 Å². The number of ether oxygens (including phenoxy) is 1. The van der Waals surface area contributed by atoms with Gasteiger partial charge < -0.3 is 4.74 Å². The molecule has 1 nitrogen and oxygen atoms in total. The first-order valence-corrected chi connectivity index (χ1v) is 4.15. The molecule has 0 saturated carbocycles. The van der Waals surface area contributed by atoms with Crippen molar-refractivity contribution in [1.82, 2.24) is 0 Å². The maximum Gasteiger partial charge on any atom is 0.0509 e. The Morgan fingerprint density at radius 2 is 1.56 bits per heavy atom. The van der Waals surface area contributed by atoms with E-state index in [1.165, 1.54) is 0 Å². The molecule has 54 valence electrons. The summed E-state index contributed by atoms with van der Waals surface area (Å²) in [4.78, 5) is 0. The molecule has 0 aromatic carbocycles. The van der Waals surface area contributed by atoms with Crippen LogP contribution in [0.15, 0.2) is 0 Å². The van der Waals surface area contributed by atoms with Crippen molar-refractivity contribution in [1.29, 1.82) is 0 Å². The van der Waals surface area contributed by atoms with E-state index in [2.05, 4.69) is 0 Å².